The number of carbonyl (C=O) groups is 1. The third-order valence-electron chi connectivity index (χ3n) is 7.66. The van der Waals surface area contributed by atoms with E-state index >= 15 is 0 Å². The van der Waals surface area contributed by atoms with Crippen molar-refractivity contribution in [1.82, 2.24) is 9.13 Å². The molecule has 0 amide bonds. The number of ether oxygens (including phenoxy) is 2. The highest BCUT2D eigenvalue weighted by Gasteiger charge is 2.35. The lowest BCUT2D eigenvalue weighted by molar-refractivity contribution is -0.143. The van der Waals surface area contributed by atoms with E-state index in [1.165, 1.54) is 11.3 Å². The molecule has 3 aromatic carbocycles. The zero-order valence-electron chi connectivity index (χ0n) is 25.1. The zero-order chi connectivity index (χ0) is 31.8. The number of carbonyl (C=O) groups excluding carboxylic acids is 1. The van der Waals surface area contributed by atoms with E-state index in [0.29, 0.717) is 38.5 Å². The van der Waals surface area contributed by atoms with Crippen molar-refractivity contribution in [3.05, 3.63) is 131 Å². The maximum atomic E-state index is 14.3. The van der Waals surface area contributed by atoms with Gasteiger partial charge in [0, 0.05) is 39.2 Å². The van der Waals surface area contributed by atoms with Gasteiger partial charge in [-0.05, 0) is 62.7 Å². The van der Waals surface area contributed by atoms with Crippen molar-refractivity contribution >= 4 is 50.2 Å². The van der Waals surface area contributed by atoms with Crippen LogP contribution in [0, 0.1) is 11.3 Å². The van der Waals surface area contributed by atoms with Gasteiger partial charge in [-0.25, -0.2) is 9.79 Å². The van der Waals surface area contributed by atoms with Crippen LogP contribution >= 0.6 is 27.3 Å². The lowest BCUT2D eigenvalue weighted by Gasteiger charge is -2.26. The number of nitrogens with zero attached hydrogens (tertiary/aromatic N) is 4. The summed E-state index contributed by atoms with van der Waals surface area (Å²) in [5.74, 6) is -0.00340. The van der Waals surface area contributed by atoms with Crippen LogP contribution in [0.5, 0.6) is 5.75 Å². The smallest absolute Gasteiger partial charge is 0.338 e. The van der Waals surface area contributed by atoms with Gasteiger partial charge in [0.05, 0.1) is 40.6 Å². The zero-order valence-corrected chi connectivity index (χ0v) is 27.5. The van der Waals surface area contributed by atoms with Gasteiger partial charge in [0.1, 0.15) is 11.8 Å². The summed E-state index contributed by atoms with van der Waals surface area (Å²) in [6, 6.07) is 22.5. The Morgan fingerprint density at radius 2 is 1.91 bits per heavy atom. The second kappa shape index (κ2) is 12.3. The molecule has 1 aliphatic heterocycles. The molecule has 0 bridgehead atoms. The number of para-hydroxylation sites is 1. The summed E-state index contributed by atoms with van der Waals surface area (Å²) in [7, 11) is 1.56. The summed E-state index contributed by atoms with van der Waals surface area (Å²) in [6.45, 7) is 5.83. The maximum absolute atomic E-state index is 14.3. The number of methoxy groups -OCH3 is 1. The highest BCUT2D eigenvalue weighted by atomic mass is 79.9. The van der Waals surface area contributed by atoms with Crippen LogP contribution in [0.4, 0.5) is 0 Å². The second-order valence-corrected chi connectivity index (χ2v) is 12.8. The van der Waals surface area contributed by atoms with E-state index in [-0.39, 0.29) is 17.2 Å². The molecule has 0 fully saturated rings. The molecule has 0 spiro atoms. The van der Waals surface area contributed by atoms with E-state index in [1.54, 1.807) is 38.5 Å². The highest BCUT2D eigenvalue weighted by Crippen LogP contribution is 2.37. The van der Waals surface area contributed by atoms with Crippen LogP contribution in [0.2, 0.25) is 0 Å². The van der Waals surface area contributed by atoms with E-state index in [4.69, 9.17) is 14.5 Å². The standard InChI is InChI=1S/C35H29BrN4O4S/c1-20(2)44-34(42)31-21(3)38-35-40(32(31)27-16-25(36)13-14-29(27)43-4)33(41)30(45-35)15-24-19-39(28-12-8-7-11-26(24)28)18-23-10-6-5-9-22(23)17-37/h5-16,19-20,32H,18H2,1-4H3/b30-15-/t32-/m1/s1. The molecule has 5 aromatic rings. The Kier molecular flexibility index (Phi) is 8.32. The van der Waals surface area contributed by atoms with Crippen LogP contribution in [0.1, 0.15) is 49.1 Å². The Morgan fingerprint density at radius 1 is 1.16 bits per heavy atom. The predicted molar refractivity (Wildman–Crippen MR) is 178 cm³/mol. The van der Waals surface area contributed by atoms with Crippen molar-refractivity contribution in [1.29, 1.82) is 5.26 Å². The Morgan fingerprint density at radius 3 is 2.67 bits per heavy atom. The van der Waals surface area contributed by atoms with Crippen LogP contribution in [0.25, 0.3) is 17.0 Å². The molecule has 10 heteroatoms. The SMILES string of the molecule is COc1ccc(Br)cc1[C@@H]1C(C(=O)OC(C)C)=C(C)N=c2s/c(=C\c3cn(Cc4ccccc4C#N)c4ccccc34)c(=O)n21. The van der Waals surface area contributed by atoms with Crippen LogP contribution in [0.15, 0.2) is 98.5 Å². The number of rotatable bonds is 7. The first-order valence-electron chi connectivity index (χ1n) is 14.3. The minimum Gasteiger partial charge on any atom is -0.496 e. The summed E-state index contributed by atoms with van der Waals surface area (Å²) in [5, 5.41) is 10.6. The Labute approximate surface area is 271 Å². The second-order valence-electron chi connectivity index (χ2n) is 10.9. The van der Waals surface area contributed by atoms with E-state index < -0.39 is 12.0 Å². The fourth-order valence-electron chi connectivity index (χ4n) is 5.69. The first kappa shape index (κ1) is 30.3. The molecule has 0 radical (unpaired) electrons. The number of hydrogen-bond donors (Lipinski definition) is 0. The van der Waals surface area contributed by atoms with Gasteiger partial charge in [0.25, 0.3) is 5.56 Å². The highest BCUT2D eigenvalue weighted by molar-refractivity contribution is 9.10. The third kappa shape index (κ3) is 5.65. The largest absolute Gasteiger partial charge is 0.496 e. The molecule has 3 heterocycles. The number of aromatic nitrogens is 2. The van der Waals surface area contributed by atoms with Gasteiger partial charge in [-0.3, -0.25) is 9.36 Å². The lowest BCUT2D eigenvalue weighted by Crippen LogP contribution is -2.40. The molecular weight excluding hydrogens is 652 g/mol. The first-order chi connectivity index (χ1) is 21.7. The normalized spacial score (nSPS) is 14.8. The lowest BCUT2D eigenvalue weighted by atomic mass is 9.95. The van der Waals surface area contributed by atoms with Gasteiger partial charge in [-0.2, -0.15) is 5.26 Å². The Balaban J connectivity index is 1.55. The number of nitriles is 1. The molecule has 0 N–H and O–H groups in total. The molecule has 0 aliphatic carbocycles. The monoisotopic (exact) mass is 680 g/mol. The first-order valence-corrected chi connectivity index (χ1v) is 15.9. The molecule has 8 nitrogen and oxygen atoms in total. The Bertz CT molecular complexity index is 2240. The minimum atomic E-state index is -0.814. The summed E-state index contributed by atoms with van der Waals surface area (Å²) in [5.41, 5.74) is 4.49. The van der Waals surface area contributed by atoms with Crippen molar-refractivity contribution in [2.24, 2.45) is 4.99 Å². The van der Waals surface area contributed by atoms with Gasteiger partial charge in [-0.1, -0.05) is 63.7 Å². The molecule has 0 saturated heterocycles. The summed E-state index contributed by atoms with van der Waals surface area (Å²) < 4.78 is 16.2. The van der Waals surface area contributed by atoms with Gasteiger partial charge < -0.3 is 14.0 Å². The maximum Gasteiger partial charge on any atom is 0.338 e. The van der Waals surface area contributed by atoms with Crippen molar-refractivity contribution in [2.75, 3.05) is 7.11 Å². The minimum absolute atomic E-state index is 0.278. The van der Waals surface area contributed by atoms with Gasteiger partial charge in [0.2, 0.25) is 0 Å². The number of allylic oxidation sites excluding steroid dienone is 1. The van der Waals surface area contributed by atoms with E-state index in [9.17, 15) is 14.9 Å². The van der Waals surface area contributed by atoms with Crippen LogP contribution in [-0.2, 0) is 16.1 Å². The number of esters is 1. The fraction of sp³-hybridized carbons (Fsp3) is 0.200. The van der Waals surface area contributed by atoms with E-state index in [2.05, 4.69) is 26.6 Å². The molecule has 1 atom stereocenters. The molecular formula is C35H29BrN4O4S. The molecule has 0 saturated carbocycles. The topological polar surface area (TPSA) is 98.6 Å². The van der Waals surface area contributed by atoms with Gasteiger partial charge in [0.15, 0.2) is 4.80 Å². The van der Waals surface area contributed by atoms with Crippen LogP contribution < -0.4 is 19.6 Å². The van der Waals surface area contributed by atoms with Gasteiger partial charge >= 0.3 is 5.97 Å². The third-order valence-corrected chi connectivity index (χ3v) is 9.13. The molecule has 2 aromatic heterocycles. The number of hydrogen-bond acceptors (Lipinski definition) is 7. The van der Waals surface area contributed by atoms with Crippen molar-refractivity contribution < 1.29 is 14.3 Å². The van der Waals surface area contributed by atoms with E-state index in [1.807, 2.05) is 72.9 Å². The van der Waals surface area contributed by atoms with Crippen LogP contribution in [0.3, 0.4) is 0 Å². The molecule has 1 aliphatic rings. The molecule has 226 valence electrons. The fourth-order valence-corrected chi connectivity index (χ4v) is 7.10. The van der Waals surface area contributed by atoms with Gasteiger partial charge in [-0.15, -0.1) is 0 Å². The van der Waals surface area contributed by atoms with Crippen molar-refractivity contribution in [3.8, 4) is 11.8 Å². The Hall–Kier alpha value is -4.72. The molecule has 0 unspecified atom stereocenters. The predicted octanol–water partition coefficient (Wildman–Crippen LogP) is 5.83. The molecule has 6 rings (SSSR count). The van der Waals surface area contributed by atoms with Crippen LogP contribution in [-0.4, -0.2) is 28.3 Å². The average Bonchev–Trinajstić information content (AvgIpc) is 3.52. The summed E-state index contributed by atoms with van der Waals surface area (Å²) >= 11 is 4.82. The van der Waals surface area contributed by atoms with Crippen molar-refractivity contribution in [2.45, 2.75) is 39.5 Å². The number of halogens is 1. The van der Waals surface area contributed by atoms with E-state index in [0.717, 1.165) is 26.5 Å². The molecule has 45 heavy (non-hydrogen) atoms. The summed E-state index contributed by atoms with van der Waals surface area (Å²) in [4.78, 5) is 33.0. The summed E-state index contributed by atoms with van der Waals surface area (Å²) in [6.07, 6.45) is 3.52. The number of fused-ring (bicyclic) bond motifs is 2. The number of benzene rings is 3. The van der Waals surface area contributed by atoms with Crippen molar-refractivity contribution in [3.63, 3.8) is 0 Å². The average molecular weight is 682 g/mol. The number of thiazole rings is 1. The quantitative estimate of drug-likeness (QED) is 0.202.